The molecule has 0 saturated heterocycles. The molecule has 3 rings (SSSR count). The van der Waals surface area contributed by atoms with Gasteiger partial charge < -0.3 is 10.3 Å². The number of carbonyl (C=O) groups is 1. The summed E-state index contributed by atoms with van der Waals surface area (Å²) in [6.45, 7) is 1.40. The Kier molecular flexibility index (Phi) is 2.49. The van der Waals surface area contributed by atoms with E-state index in [1.54, 1.807) is 30.5 Å². The summed E-state index contributed by atoms with van der Waals surface area (Å²) < 4.78 is 0. The van der Waals surface area contributed by atoms with Crippen molar-refractivity contribution in [2.75, 3.05) is 5.32 Å². The van der Waals surface area contributed by atoms with Crippen molar-refractivity contribution >= 4 is 33.8 Å². The second kappa shape index (κ2) is 4.16. The number of pyridine rings is 3. The Bertz CT molecular complexity index is 854. The van der Waals surface area contributed by atoms with Crippen LogP contribution in [0.3, 0.4) is 0 Å². The van der Waals surface area contributed by atoms with Gasteiger partial charge in [0.1, 0.15) is 17.1 Å². The number of anilines is 1. The fourth-order valence-corrected chi connectivity index (χ4v) is 1.93. The molecular formula is C13H10N4O2. The van der Waals surface area contributed by atoms with Crippen LogP contribution < -0.4 is 10.7 Å². The van der Waals surface area contributed by atoms with Gasteiger partial charge in [-0.15, -0.1) is 0 Å². The first kappa shape index (κ1) is 11.3. The van der Waals surface area contributed by atoms with E-state index in [4.69, 9.17) is 0 Å². The number of fused-ring (bicyclic) bond motifs is 2. The molecule has 6 heteroatoms. The molecule has 3 heterocycles. The van der Waals surface area contributed by atoms with Gasteiger partial charge in [0.2, 0.25) is 5.91 Å². The molecule has 0 aliphatic carbocycles. The fourth-order valence-electron chi connectivity index (χ4n) is 1.93. The van der Waals surface area contributed by atoms with Crippen LogP contribution in [0.2, 0.25) is 0 Å². The summed E-state index contributed by atoms with van der Waals surface area (Å²) in [5.41, 5.74) is 0.758. The number of hydrogen-bond donors (Lipinski definition) is 2. The monoisotopic (exact) mass is 254 g/mol. The molecule has 3 aromatic rings. The highest BCUT2D eigenvalue weighted by molar-refractivity contribution is 5.92. The molecule has 0 atom stereocenters. The van der Waals surface area contributed by atoms with Crippen LogP contribution in [-0.4, -0.2) is 20.9 Å². The van der Waals surface area contributed by atoms with Crippen molar-refractivity contribution in [1.29, 1.82) is 0 Å². The Balaban J connectivity index is 2.32. The zero-order valence-electron chi connectivity index (χ0n) is 10.1. The van der Waals surface area contributed by atoms with E-state index >= 15 is 0 Å². The van der Waals surface area contributed by atoms with Gasteiger partial charge in [0.25, 0.3) is 0 Å². The minimum atomic E-state index is -0.215. The largest absolute Gasteiger partial charge is 0.324 e. The van der Waals surface area contributed by atoms with E-state index in [-0.39, 0.29) is 11.3 Å². The zero-order valence-corrected chi connectivity index (χ0v) is 10.1. The second-order valence-electron chi connectivity index (χ2n) is 4.13. The number of carbonyl (C=O) groups excluding carboxylic acids is 1. The lowest BCUT2D eigenvalue weighted by Crippen LogP contribution is -2.10. The molecule has 0 aliphatic rings. The number of aromatic nitrogens is 3. The molecule has 19 heavy (non-hydrogen) atoms. The molecule has 0 unspecified atom stereocenters. The minimum Gasteiger partial charge on any atom is -0.324 e. The van der Waals surface area contributed by atoms with Crippen molar-refractivity contribution in [1.82, 2.24) is 15.0 Å². The average Bonchev–Trinajstić information content (AvgIpc) is 2.38. The van der Waals surface area contributed by atoms with Gasteiger partial charge in [0.05, 0.1) is 10.8 Å². The van der Waals surface area contributed by atoms with Gasteiger partial charge in [0, 0.05) is 13.1 Å². The van der Waals surface area contributed by atoms with Crippen molar-refractivity contribution in [2.45, 2.75) is 6.92 Å². The van der Waals surface area contributed by atoms with E-state index in [1.165, 1.54) is 6.92 Å². The fraction of sp³-hybridized carbons (Fsp3) is 0.0769. The van der Waals surface area contributed by atoms with Crippen molar-refractivity contribution in [2.24, 2.45) is 0 Å². The molecule has 0 fully saturated rings. The van der Waals surface area contributed by atoms with Gasteiger partial charge in [-0.05, 0) is 24.3 Å². The van der Waals surface area contributed by atoms with E-state index in [0.29, 0.717) is 27.9 Å². The molecule has 2 N–H and O–H groups in total. The predicted molar refractivity (Wildman–Crippen MR) is 72.0 cm³/mol. The van der Waals surface area contributed by atoms with E-state index in [1.807, 2.05) is 0 Å². The quantitative estimate of drug-likeness (QED) is 0.643. The Morgan fingerprint density at radius 2 is 2.00 bits per heavy atom. The molecule has 0 spiro atoms. The van der Waals surface area contributed by atoms with Gasteiger partial charge in [-0.25, -0.2) is 9.97 Å². The zero-order chi connectivity index (χ0) is 13.4. The van der Waals surface area contributed by atoms with Crippen LogP contribution in [0.1, 0.15) is 6.92 Å². The maximum absolute atomic E-state index is 12.2. The van der Waals surface area contributed by atoms with Crippen LogP contribution in [0.15, 0.2) is 35.3 Å². The molecule has 6 nitrogen and oxygen atoms in total. The molecule has 0 radical (unpaired) electrons. The second-order valence-corrected chi connectivity index (χ2v) is 4.13. The SMILES string of the molecule is CC(=O)Nc1ccc2c(=O)c3cccnc3[nH]c2n1. The Labute approximate surface area is 107 Å². The third-order valence-corrected chi connectivity index (χ3v) is 2.73. The molecule has 3 aromatic heterocycles. The number of amides is 1. The molecule has 1 amide bonds. The lowest BCUT2D eigenvalue weighted by atomic mass is 10.2. The van der Waals surface area contributed by atoms with E-state index in [0.717, 1.165) is 0 Å². The first-order valence-electron chi connectivity index (χ1n) is 5.70. The number of aromatic amines is 1. The van der Waals surface area contributed by atoms with Crippen molar-refractivity contribution in [3.63, 3.8) is 0 Å². The van der Waals surface area contributed by atoms with Crippen molar-refractivity contribution in [3.05, 3.63) is 40.7 Å². The van der Waals surface area contributed by atoms with Crippen molar-refractivity contribution < 1.29 is 4.79 Å². The number of nitrogens with zero attached hydrogens (tertiary/aromatic N) is 2. The third-order valence-electron chi connectivity index (χ3n) is 2.73. The molecular weight excluding hydrogens is 244 g/mol. The molecule has 0 aliphatic heterocycles. The van der Waals surface area contributed by atoms with Gasteiger partial charge >= 0.3 is 0 Å². The van der Waals surface area contributed by atoms with Gasteiger partial charge in [-0.1, -0.05) is 0 Å². The summed E-state index contributed by atoms with van der Waals surface area (Å²) >= 11 is 0. The molecule has 0 saturated carbocycles. The predicted octanol–water partition coefficient (Wildman–Crippen LogP) is 1.43. The summed E-state index contributed by atoms with van der Waals surface area (Å²) in [5.74, 6) is 0.180. The van der Waals surface area contributed by atoms with Gasteiger partial charge in [-0.2, -0.15) is 0 Å². The molecule has 94 valence electrons. The Morgan fingerprint density at radius 3 is 2.79 bits per heavy atom. The smallest absolute Gasteiger partial charge is 0.222 e. The highest BCUT2D eigenvalue weighted by atomic mass is 16.1. The molecule has 0 aromatic carbocycles. The summed E-state index contributed by atoms with van der Waals surface area (Å²) in [7, 11) is 0. The minimum absolute atomic E-state index is 0.126. The summed E-state index contributed by atoms with van der Waals surface area (Å²) in [5, 5.41) is 3.56. The highest BCUT2D eigenvalue weighted by Gasteiger charge is 2.07. The standard InChI is InChI=1S/C13H10N4O2/c1-7(18)15-10-5-4-9-11(19)8-3-2-6-14-12(8)17-13(9)16-10/h2-6H,1H3,(H2,14,15,16,17,18,19). The van der Waals surface area contributed by atoms with E-state index < -0.39 is 0 Å². The lowest BCUT2D eigenvalue weighted by Gasteiger charge is -2.04. The Morgan fingerprint density at radius 1 is 1.21 bits per heavy atom. The summed E-state index contributed by atoms with van der Waals surface area (Å²) in [4.78, 5) is 34.5. The first-order valence-corrected chi connectivity index (χ1v) is 5.70. The van der Waals surface area contributed by atoms with E-state index in [9.17, 15) is 9.59 Å². The normalized spacial score (nSPS) is 10.8. The third kappa shape index (κ3) is 1.93. The lowest BCUT2D eigenvalue weighted by molar-refractivity contribution is -0.114. The van der Waals surface area contributed by atoms with Crippen LogP contribution in [0, 0.1) is 0 Å². The summed E-state index contributed by atoms with van der Waals surface area (Å²) in [6.07, 6.45) is 1.60. The topological polar surface area (TPSA) is 87.7 Å². The van der Waals surface area contributed by atoms with Crippen LogP contribution in [-0.2, 0) is 4.79 Å². The van der Waals surface area contributed by atoms with Crippen LogP contribution in [0.4, 0.5) is 5.82 Å². The van der Waals surface area contributed by atoms with Crippen LogP contribution >= 0.6 is 0 Å². The maximum atomic E-state index is 12.2. The van der Waals surface area contributed by atoms with Gasteiger partial charge in [-0.3, -0.25) is 9.59 Å². The highest BCUT2D eigenvalue weighted by Crippen LogP contribution is 2.13. The van der Waals surface area contributed by atoms with Crippen LogP contribution in [0.25, 0.3) is 22.1 Å². The Hall–Kier alpha value is -2.76. The number of rotatable bonds is 1. The van der Waals surface area contributed by atoms with Gasteiger partial charge in [0.15, 0.2) is 5.43 Å². The number of nitrogens with one attached hydrogen (secondary N) is 2. The number of H-pyrrole nitrogens is 1. The van der Waals surface area contributed by atoms with E-state index in [2.05, 4.69) is 20.3 Å². The summed E-state index contributed by atoms with van der Waals surface area (Å²) in [6, 6.07) is 6.66. The van der Waals surface area contributed by atoms with Crippen molar-refractivity contribution in [3.8, 4) is 0 Å². The maximum Gasteiger partial charge on any atom is 0.222 e. The first-order chi connectivity index (χ1) is 9.15. The van der Waals surface area contributed by atoms with Crippen LogP contribution in [0.5, 0.6) is 0 Å². The average molecular weight is 254 g/mol. The number of hydrogen-bond acceptors (Lipinski definition) is 4. The molecule has 0 bridgehead atoms.